The second-order valence-corrected chi connectivity index (χ2v) is 4.60. The van der Waals surface area contributed by atoms with E-state index in [1.807, 2.05) is 43.3 Å². The summed E-state index contributed by atoms with van der Waals surface area (Å²) < 4.78 is 5.03. The third kappa shape index (κ3) is 2.23. The Morgan fingerprint density at radius 3 is 2.40 bits per heavy atom. The smallest absolute Gasteiger partial charge is 0.311 e. The van der Waals surface area contributed by atoms with Crippen LogP contribution in [0, 0.1) is 0 Å². The second kappa shape index (κ2) is 5.29. The van der Waals surface area contributed by atoms with E-state index in [2.05, 4.69) is 17.1 Å². The van der Waals surface area contributed by atoms with E-state index >= 15 is 0 Å². The first-order chi connectivity index (χ1) is 9.79. The molecule has 0 fully saturated rings. The number of para-hydroxylation sites is 1. The third-order valence-electron chi connectivity index (χ3n) is 3.30. The number of carbonyl (C=O) groups excluding carboxylic acids is 1. The Hall–Kier alpha value is -2.42. The van der Waals surface area contributed by atoms with Crippen molar-refractivity contribution >= 4 is 27.6 Å². The summed E-state index contributed by atoms with van der Waals surface area (Å²) in [6.07, 6.45) is 0.208. The number of rotatable bonds is 3. The monoisotopic (exact) mass is 265 g/mol. The van der Waals surface area contributed by atoms with Crippen molar-refractivity contribution in [3.05, 3.63) is 54.2 Å². The molecule has 0 radical (unpaired) electrons. The quantitative estimate of drug-likeness (QED) is 0.537. The van der Waals surface area contributed by atoms with Crippen molar-refractivity contribution in [3.63, 3.8) is 0 Å². The van der Waals surface area contributed by atoms with E-state index in [9.17, 15) is 4.79 Å². The lowest BCUT2D eigenvalue weighted by molar-refractivity contribution is -0.142. The summed E-state index contributed by atoms with van der Waals surface area (Å²) in [5.41, 5.74) is 1.68. The van der Waals surface area contributed by atoms with Crippen LogP contribution in [-0.2, 0) is 16.0 Å². The summed E-state index contributed by atoms with van der Waals surface area (Å²) in [6.45, 7) is 2.20. The number of fused-ring (bicyclic) bond motifs is 3. The van der Waals surface area contributed by atoms with Crippen molar-refractivity contribution in [2.45, 2.75) is 13.3 Å². The fourth-order valence-electron chi connectivity index (χ4n) is 2.46. The molecule has 1 aromatic heterocycles. The van der Waals surface area contributed by atoms with Gasteiger partial charge in [-0.15, -0.1) is 0 Å². The van der Waals surface area contributed by atoms with E-state index in [4.69, 9.17) is 4.74 Å². The van der Waals surface area contributed by atoms with Gasteiger partial charge in [-0.25, -0.2) is 0 Å². The van der Waals surface area contributed by atoms with Gasteiger partial charge in [0, 0.05) is 10.8 Å². The van der Waals surface area contributed by atoms with Gasteiger partial charge in [0.15, 0.2) is 0 Å². The molecule has 0 aliphatic heterocycles. The largest absolute Gasteiger partial charge is 0.466 e. The van der Waals surface area contributed by atoms with Crippen LogP contribution in [0.25, 0.3) is 21.7 Å². The maximum atomic E-state index is 11.7. The standard InChI is InChI=1S/C17H15NO2/c1-2-20-17(19)11-16-14-9-4-3-7-12(14)13-8-5-6-10-15(13)18-16/h3-10H,2,11H2,1H3. The molecule has 2 aromatic carbocycles. The molecule has 3 nitrogen and oxygen atoms in total. The Labute approximate surface area is 117 Å². The van der Waals surface area contributed by atoms with Crippen molar-refractivity contribution in [2.75, 3.05) is 6.61 Å². The topological polar surface area (TPSA) is 39.2 Å². The number of pyridine rings is 1. The molecule has 0 amide bonds. The summed E-state index contributed by atoms with van der Waals surface area (Å²) in [4.78, 5) is 16.4. The predicted molar refractivity (Wildman–Crippen MR) is 79.6 cm³/mol. The molecule has 0 spiro atoms. The van der Waals surface area contributed by atoms with E-state index in [0.717, 1.165) is 27.4 Å². The zero-order valence-corrected chi connectivity index (χ0v) is 11.3. The van der Waals surface area contributed by atoms with Gasteiger partial charge in [-0.1, -0.05) is 42.5 Å². The predicted octanol–water partition coefficient (Wildman–Crippen LogP) is 3.49. The normalized spacial score (nSPS) is 10.8. The average Bonchev–Trinajstić information content (AvgIpc) is 2.48. The van der Waals surface area contributed by atoms with Crippen molar-refractivity contribution in [2.24, 2.45) is 0 Å². The number of carbonyl (C=O) groups is 1. The van der Waals surface area contributed by atoms with Gasteiger partial charge >= 0.3 is 5.97 Å². The van der Waals surface area contributed by atoms with Crippen LogP contribution in [0.3, 0.4) is 0 Å². The van der Waals surface area contributed by atoms with E-state index in [1.54, 1.807) is 0 Å². The van der Waals surface area contributed by atoms with E-state index in [1.165, 1.54) is 0 Å². The average molecular weight is 265 g/mol. The molecule has 0 saturated carbocycles. The van der Waals surface area contributed by atoms with Crippen LogP contribution in [0.5, 0.6) is 0 Å². The molecule has 0 aliphatic carbocycles. The summed E-state index contributed by atoms with van der Waals surface area (Å²) in [5, 5.41) is 3.24. The summed E-state index contributed by atoms with van der Waals surface area (Å²) in [7, 11) is 0. The molecule has 0 unspecified atom stereocenters. The number of hydrogen-bond donors (Lipinski definition) is 0. The Kier molecular flexibility index (Phi) is 3.33. The Morgan fingerprint density at radius 2 is 1.65 bits per heavy atom. The number of ether oxygens (including phenoxy) is 1. The lowest BCUT2D eigenvalue weighted by Gasteiger charge is -2.09. The number of nitrogens with zero attached hydrogens (tertiary/aromatic N) is 1. The maximum Gasteiger partial charge on any atom is 0.311 e. The van der Waals surface area contributed by atoms with Crippen molar-refractivity contribution in [3.8, 4) is 0 Å². The van der Waals surface area contributed by atoms with Gasteiger partial charge in [-0.3, -0.25) is 9.78 Å². The van der Waals surface area contributed by atoms with Crippen molar-refractivity contribution < 1.29 is 9.53 Å². The number of benzene rings is 2. The zero-order chi connectivity index (χ0) is 13.9. The minimum absolute atomic E-state index is 0.208. The lowest BCUT2D eigenvalue weighted by atomic mass is 10.0. The molecule has 3 aromatic rings. The highest BCUT2D eigenvalue weighted by molar-refractivity contribution is 6.07. The fourth-order valence-corrected chi connectivity index (χ4v) is 2.46. The molecule has 0 saturated heterocycles. The van der Waals surface area contributed by atoms with Gasteiger partial charge in [0.2, 0.25) is 0 Å². The van der Waals surface area contributed by atoms with Crippen molar-refractivity contribution in [1.29, 1.82) is 0 Å². The van der Waals surface area contributed by atoms with E-state index in [-0.39, 0.29) is 12.4 Å². The summed E-state index contributed by atoms with van der Waals surface area (Å²) in [6, 6.07) is 16.0. The van der Waals surface area contributed by atoms with Gasteiger partial charge in [-0.05, 0) is 18.4 Å². The first kappa shape index (κ1) is 12.6. The lowest BCUT2D eigenvalue weighted by Crippen LogP contribution is -2.09. The maximum absolute atomic E-state index is 11.7. The zero-order valence-electron chi connectivity index (χ0n) is 11.3. The van der Waals surface area contributed by atoms with Crippen molar-refractivity contribution in [1.82, 2.24) is 4.98 Å². The molecule has 0 aliphatic rings. The number of esters is 1. The molecular formula is C17H15NO2. The minimum Gasteiger partial charge on any atom is -0.466 e. The van der Waals surface area contributed by atoms with Crippen LogP contribution in [0.2, 0.25) is 0 Å². The van der Waals surface area contributed by atoms with Crippen LogP contribution >= 0.6 is 0 Å². The molecule has 3 heteroatoms. The first-order valence-corrected chi connectivity index (χ1v) is 6.71. The molecule has 0 bridgehead atoms. The molecule has 100 valence electrons. The van der Waals surface area contributed by atoms with Crippen LogP contribution in [0.15, 0.2) is 48.5 Å². The van der Waals surface area contributed by atoms with Gasteiger partial charge in [0.05, 0.1) is 24.2 Å². The van der Waals surface area contributed by atoms with Gasteiger partial charge in [0.25, 0.3) is 0 Å². The highest BCUT2D eigenvalue weighted by Crippen LogP contribution is 2.26. The molecule has 0 N–H and O–H groups in total. The van der Waals surface area contributed by atoms with Crippen LogP contribution in [-0.4, -0.2) is 17.6 Å². The van der Waals surface area contributed by atoms with Gasteiger partial charge in [0.1, 0.15) is 0 Å². The second-order valence-electron chi connectivity index (χ2n) is 4.60. The van der Waals surface area contributed by atoms with Gasteiger partial charge < -0.3 is 4.74 Å². The third-order valence-corrected chi connectivity index (χ3v) is 3.30. The highest BCUT2D eigenvalue weighted by Gasteiger charge is 2.11. The first-order valence-electron chi connectivity index (χ1n) is 6.71. The Bertz CT molecular complexity index is 780. The molecule has 3 rings (SSSR count). The van der Waals surface area contributed by atoms with Gasteiger partial charge in [-0.2, -0.15) is 0 Å². The molecular weight excluding hydrogens is 250 g/mol. The summed E-state index contributed by atoms with van der Waals surface area (Å²) >= 11 is 0. The SMILES string of the molecule is CCOC(=O)Cc1nc2ccccc2c2ccccc12. The number of aromatic nitrogens is 1. The summed E-state index contributed by atoms with van der Waals surface area (Å²) in [5.74, 6) is -0.236. The molecule has 0 atom stereocenters. The van der Waals surface area contributed by atoms with E-state index in [0.29, 0.717) is 6.61 Å². The Morgan fingerprint density at radius 1 is 1.00 bits per heavy atom. The molecule has 20 heavy (non-hydrogen) atoms. The number of hydrogen-bond acceptors (Lipinski definition) is 3. The minimum atomic E-state index is -0.236. The van der Waals surface area contributed by atoms with Crippen LogP contribution < -0.4 is 0 Å². The van der Waals surface area contributed by atoms with Crippen LogP contribution in [0.1, 0.15) is 12.6 Å². The highest BCUT2D eigenvalue weighted by atomic mass is 16.5. The fraction of sp³-hybridized carbons (Fsp3) is 0.176. The molecule has 1 heterocycles. The van der Waals surface area contributed by atoms with Crippen LogP contribution in [0.4, 0.5) is 0 Å². The van der Waals surface area contributed by atoms with E-state index < -0.39 is 0 Å². The Balaban J connectivity index is 2.21.